The van der Waals surface area contributed by atoms with Crippen LogP contribution in [0.1, 0.15) is 11.5 Å². The van der Waals surface area contributed by atoms with E-state index in [9.17, 15) is 0 Å². The zero-order chi connectivity index (χ0) is 10.1. The average Bonchev–Trinajstić information content (AvgIpc) is 2.46. The van der Waals surface area contributed by atoms with Crippen LogP contribution < -0.4 is 5.32 Å². The molecule has 0 aliphatic heterocycles. The Hall–Kier alpha value is -1.06. The van der Waals surface area contributed by atoms with Gasteiger partial charge in [0.25, 0.3) is 0 Å². The quantitative estimate of drug-likeness (QED) is 0.820. The molecule has 2 aromatic heterocycles. The number of halogens is 1. The summed E-state index contributed by atoms with van der Waals surface area (Å²) in [6.07, 6.45) is 1.98. The van der Waals surface area contributed by atoms with Crippen molar-refractivity contribution >= 4 is 17.1 Å². The molecule has 2 aromatic rings. The third kappa shape index (κ3) is 1.38. The number of imidazole rings is 1. The Kier molecular flexibility index (Phi) is 2.44. The molecule has 3 nitrogen and oxygen atoms in total. The second-order valence-corrected chi connectivity index (χ2v) is 3.63. The average molecular weight is 210 g/mol. The molecule has 0 aliphatic rings. The molecule has 0 spiro atoms. The fourth-order valence-electron chi connectivity index (χ4n) is 1.63. The largest absolute Gasteiger partial charge is 0.313 e. The summed E-state index contributed by atoms with van der Waals surface area (Å²) in [4.78, 5) is 4.46. The van der Waals surface area contributed by atoms with Crippen molar-refractivity contribution in [3.05, 3.63) is 34.9 Å². The fourth-order valence-corrected chi connectivity index (χ4v) is 1.93. The lowest BCUT2D eigenvalue weighted by molar-refractivity contribution is 0.754. The molecule has 0 radical (unpaired) electrons. The van der Waals surface area contributed by atoms with Crippen LogP contribution in [0.4, 0.5) is 0 Å². The topological polar surface area (TPSA) is 29.3 Å². The van der Waals surface area contributed by atoms with Gasteiger partial charge in [0.2, 0.25) is 0 Å². The van der Waals surface area contributed by atoms with Gasteiger partial charge in [0.05, 0.1) is 22.8 Å². The predicted molar refractivity (Wildman–Crippen MR) is 57.7 cm³/mol. The maximum atomic E-state index is 6.09. The highest BCUT2D eigenvalue weighted by atomic mass is 35.5. The summed E-state index contributed by atoms with van der Waals surface area (Å²) in [6, 6.07) is 3.81. The number of rotatable bonds is 2. The number of aromatic nitrogens is 2. The van der Waals surface area contributed by atoms with E-state index in [1.165, 1.54) is 0 Å². The fraction of sp³-hybridized carbons (Fsp3) is 0.300. The monoisotopic (exact) mass is 209 g/mol. The van der Waals surface area contributed by atoms with Crippen molar-refractivity contribution in [1.29, 1.82) is 0 Å². The summed E-state index contributed by atoms with van der Waals surface area (Å²) >= 11 is 6.09. The van der Waals surface area contributed by atoms with E-state index in [0.29, 0.717) is 0 Å². The second kappa shape index (κ2) is 3.59. The molecule has 0 unspecified atom stereocenters. The minimum absolute atomic E-state index is 0.745. The van der Waals surface area contributed by atoms with Crippen molar-refractivity contribution in [2.75, 3.05) is 7.05 Å². The van der Waals surface area contributed by atoms with Gasteiger partial charge < -0.3 is 9.72 Å². The maximum absolute atomic E-state index is 6.09. The zero-order valence-electron chi connectivity index (χ0n) is 8.21. The van der Waals surface area contributed by atoms with Crippen LogP contribution in [0, 0.1) is 6.92 Å². The Morgan fingerprint density at radius 2 is 2.36 bits per heavy atom. The minimum Gasteiger partial charge on any atom is -0.313 e. The highest BCUT2D eigenvalue weighted by Crippen LogP contribution is 2.21. The van der Waals surface area contributed by atoms with Crippen molar-refractivity contribution in [3.8, 4) is 0 Å². The smallest absolute Gasteiger partial charge is 0.127 e. The standard InChI is InChI=1S/C10H12ClN3/c1-7-10-8(11)4-3-5-14(10)9(13-7)6-12-2/h3-5,12H,6H2,1-2H3. The van der Waals surface area contributed by atoms with Crippen molar-refractivity contribution < 1.29 is 0 Å². The molecule has 14 heavy (non-hydrogen) atoms. The summed E-state index contributed by atoms with van der Waals surface area (Å²) in [5.74, 6) is 0.988. The van der Waals surface area contributed by atoms with E-state index in [4.69, 9.17) is 11.6 Å². The van der Waals surface area contributed by atoms with E-state index in [1.807, 2.05) is 36.7 Å². The first-order valence-corrected chi connectivity index (χ1v) is 4.88. The van der Waals surface area contributed by atoms with Gasteiger partial charge in [-0.1, -0.05) is 11.6 Å². The van der Waals surface area contributed by atoms with E-state index in [-0.39, 0.29) is 0 Å². The molecule has 0 amide bonds. The summed E-state index contributed by atoms with van der Waals surface area (Å²) in [5.41, 5.74) is 1.97. The molecule has 0 saturated carbocycles. The third-order valence-electron chi connectivity index (χ3n) is 2.20. The molecule has 1 N–H and O–H groups in total. The second-order valence-electron chi connectivity index (χ2n) is 3.22. The number of fused-ring (bicyclic) bond motifs is 1. The molecule has 0 atom stereocenters. The van der Waals surface area contributed by atoms with E-state index >= 15 is 0 Å². The van der Waals surface area contributed by atoms with Crippen LogP contribution in [0.3, 0.4) is 0 Å². The first-order valence-electron chi connectivity index (χ1n) is 4.50. The van der Waals surface area contributed by atoms with E-state index in [2.05, 4.69) is 10.3 Å². The predicted octanol–water partition coefficient (Wildman–Crippen LogP) is 2.02. The SMILES string of the molecule is CNCc1nc(C)c2c(Cl)cccn12. The highest BCUT2D eigenvalue weighted by Gasteiger charge is 2.08. The Balaban J connectivity index is 2.71. The van der Waals surface area contributed by atoms with E-state index in [1.54, 1.807) is 0 Å². The van der Waals surface area contributed by atoms with Crippen LogP contribution in [0.25, 0.3) is 5.52 Å². The number of pyridine rings is 1. The van der Waals surface area contributed by atoms with Gasteiger partial charge in [0.1, 0.15) is 5.82 Å². The Morgan fingerprint density at radius 3 is 3.07 bits per heavy atom. The van der Waals surface area contributed by atoms with Crippen molar-refractivity contribution in [2.45, 2.75) is 13.5 Å². The molecule has 74 valence electrons. The third-order valence-corrected chi connectivity index (χ3v) is 2.50. The van der Waals surface area contributed by atoms with Gasteiger partial charge in [0.15, 0.2) is 0 Å². The summed E-state index contributed by atoms with van der Waals surface area (Å²) in [6.45, 7) is 2.72. The molecule has 0 bridgehead atoms. The van der Waals surface area contributed by atoms with Gasteiger partial charge in [-0.25, -0.2) is 4.98 Å². The Morgan fingerprint density at radius 1 is 1.57 bits per heavy atom. The molecule has 0 aliphatic carbocycles. The van der Waals surface area contributed by atoms with Gasteiger partial charge in [-0.2, -0.15) is 0 Å². The van der Waals surface area contributed by atoms with Gasteiger partial charge in [-0.05, 0) is 26.1 Å². The zero-order valence-corrected chi connectivity index (χ0v) is 8.97. The van der Waals surface area contributed by atoms with Crippen LogP contribution in [0.5, 0.6) is 0 Å². The highest BCUT2D eigenvalue weighted by molar-refractivity contribution is 6.34. The van der Waals surface area contributed by atoms with Crippen LogP contribution in [-0.2, 0) is 6.54 Å². The van der Waals surface area contributed by atoms with Crippen LogP contribution in [0.15, 0.2) is 18.3 Å². The number of aryl methyl sites for hydroxylation is 1. The van der Waals surface area contributed by atoms with Crippen molar-refractivity contribution in [2.24, 2.45) is 0 Å². The van der Waals surface area contributed by atoms with Gasteiger partial charge >= 0.3 is 0 Å². The number of hydrogen-bond acceptors (Lipinski definition) is 2. The molecule has 2 heterocycles. The van der Waals surface area contributed by atoms with Gasteiger partial charge in [-0.15, -0.1) is 0 Å². The molecule has 0 aromatic carbocycles. The van der Waals surface area contributed by atoms with Crippen LogP contribution in [0.2, 0.25) is 5.02 Å². The Bertz CT molecular complexity index is 462. The lowest BCUT2D eigenvalue weighted by atomic mass is 10.3. The van der Waals surface area contributed by atoms with Gasteiger partial charge in [-0.3, -0.25) is 0 Å². The minimum atomic E-state index is 0.745. The molecule has 0 saturated heterocycles. The summed E-state index contributed by atoms with van der Waals surface area (Å²) in [5, 5.41) is 3.83. The normalized spacial score (nSPS) is 11.1. The summed E-state index contributed by atoms with van der Waals surface area (Å²) < 4.78 is 2.02. The molecule has 2 rings (SSSR count). The van der Waals surface area contributed by atoms with Gasteiger partial charge in [0, 0.05) is 6.20 Å². The first-order chi connectivity index (χ1) is 6.74. The first kappa shape index (κ1) is 9.49. The van der Waals surface area contributed by atoms with Crippen molar-refractivity contribution in [3.63, 3.8) is 0 Å². The number of nitrogens with zero attached hydrogens (tertiary/aromatic N) is 2. The van der Waals surface area contributed by atoms with E-state index in [0.717, 1.165) is 28.6 Å². The lowest BCUT2D eigenvalue weighted by Gasteiger charge is -2.00. The van der Waals surface area contributed by atoms with Crippen LogP contribution >= 0.6 is 11.6 Å². The molecule has 4 heteroatoms. The van der Waals surface area contributed by atoms with E-state index < -0.39 is 0 Å². The molecular weight excluding hydrogens is 198 g/mol. The Labute approximate surface area is 87.7 Å². The number of nitrogens with one attached hydrogen (secondary N) is 1. The van der Waals surface area contributed by atoms with Crippen LogP contribution in [-0.4, -0.2) is 16.4 Å². The molecular formula is C10H12ClN3. The van der Waals surface area contributed by atoms with Crippen molar-refractivity contribution in [1.82, 2.24) is 14.7 Å². The lowest BCUT2D eigenvalue weighted by Crippen LogP contribution is -2.08. The number of hydrogen-bond donors (Lipinski definition) is 1. The summed E-state index contributed by atoms with van der Waals surface area (Å²) in [7, 11) is 1.90. The molecule has 0 fully saturated rings. The maximum Gasteiger partial charge on any atom is 0.127 e.